The molecule has 1 saturated heterocycles. The molecule has 0 aromatic heterocycles. The monoisotopic (exact) mass is 177 g/mol. The van der Waals surface area contributed by atoms with E-state index in [1.54, 1.807) is 0 Å². The third-order valence-corrected chi connectivity index (χ3v) is 1.76. The van der Waals surface area contributed by atoms with Crippen molar-refractivity contribution in [1.82, 2.24) is 0 Å². The molecule has 1 heterocycles. The maximum absolute atomic E-state index is 9.79. The van der Waals surface area contributed by atoms with Crippen molar-refractivity contribution < 1.29 is 19.8 Å². The topological polar surface area (TPSA) is 81.8 Å². The van der Waals surface area contributed by atoms with E-state index in [1.807, 2.05) is 0 Å². The van der Waals surface area contributed by atoms with Gasteiger partial charge in [0.2, 0.25) is 0 Å². The van der Waals surface area contributed by atoms with Crippen LogP contribution >= 0.6 is 0 Å². The maximum Gasteiger partial charge on any atom is 0.294 e. The maximum atomic E-state index is 9.79. The normalized spacial score (nSPS) is 28.8. The second-order valence-corrected chi connectivity index (χ2v) is 2.66. The van der Waals surface area contributed by atoms with Crippen molar-refractivity contribution >= 4 is 0 Å². The molecule has 70 valence electrons. The fourth-order valence-electron chi connectivity index (χ4n) is 1.18. The molecule has 0 aromatic carbocycles. The Morgan fingerprint density at radius 1 is 1.58 bits per heavy atom. The summed E-state index contributed by atoms with van der Waals surface area (Å²) in [4.78, 5) is 13.9. The second-order valence-electron chi connectivity index (χ2n) is 2.66. The van der Waals surface area contributed by atoms with Gasteiger partial charge in [0.25, 0.3) is 5.09 Å². The first-order valence-electron chi connectivity index (χ1n) is 3.76. The van der Waals surface area contributed by atoms with Crippen LogP contribution in [0.25, 0.3) is 0 Å². The van der Waals surface area contributed by atoms with Crippen molar-refractivity contribution in [2.45, 2.75) is 25.0 Å². The Balaban J connectivity index is 2.15. The molecule has 0 spiro atoms. The fourth-order valence-corrected chi connectivity index (χ4v) is 1.18. The van der Waals surface area contributed by atoms with E-state index >= 15 is 0 Å². The lowest BCUT2D eigenvalue weighted by atomic mass is 10.2. The standard InChI is InChI=1S/C6H11NO5/c8-3-5-1-2-6(12-5)4-11-7(9)10/h5-6,8H,1-4H2. The molecule has 1 N–H and O–H groups in total. The molecule has 1 aliphatic heterocycles. The Morgan fingerprint density at radius 3 is 2.75 bits per heavy atom. The Labute approximate surface area is 69.2 Å². The van der Waals surface area contributed by atoms with Crippen molar-refractivity contribution in [3.8, 4) is 0 Å². The van der Waals surface area contributed by atoms with Gasteiger partial charge in [-0.25, -0.2) is 0 Å². The van der Waals surface area contributed by atoms with E-state index in [9.17, 15) is 10.1 Å². The first-order chi connectivity index (χ1) is 5.72. The lowest BCUT2D eigenvalue weighted by Crippen LogP contribution is -2.20. The molecule has 6 nitrogen and oxygen atoms in total. The minimum atomic E-state index is -0.838. The molecule has 2 unspecified atom stereocenters. The van der Waals surface area contributed by atoms with Gasteiger partial charge in [0.15, 0.2) is 0 Å². The molecular formula is C6H11NO5. The number of rotatable bonds is 4. The highest BCUT2D eigenvalue weighted by atomic mass is 17.0. The zero-order valence-electron chi connectivity index (χ0n) is 6.51. The minimum absolute atomic E-state index is 0.0328. The highest BCUT2D eigenvalue weighted by molar-refractivity contribution is 4.71. The quantitative estimate of drug-likeness (QED) is 0.472. The molecule has 0 amide bonds. The summed E-state index contributed by atoms with van der Waals surface area (Å²) >= 11 is 0. The van der Waals surface area contributed by atoms with Crippen LogP contribution in [0.15, 0.2) is 0 Å². The molecule has 6 heteroatoms. The minimum Gasteiger partial charge on any atom is -0.394 e. The van der Waals surface area contributed by atoms with Gasteiger partial charge in [0.1, 0.15) is 6.61 Å². The summed E-state index contributed by atoms with van der Waals surface area (Å²) in [6, 6.07) is 0. The van der Waals surface area contributed by atoms with E-state index in [-0.39, 0.29) is 25.4 Å². The molecule has 1 rings (SSSR count). The lowest BCUT2D eigenvalue weighted by Gasteiger charge is -2.09. The highest BCUT2D eigenvalue weighted by Crippen LogP contribution is 2.19. The molecule has 0 saturated carbocycles. The van der Waals surface area contributed by atoms with Crippen LogP contribution in [0.5, 0.6) is 0 Å². The molecule has 12 heavy (non-hydrogen) atoms. The van der Waals surface area contributed by atoms with Gasteiger partial charge in [-0.15, -0.1) is 10.1 Å². The summed E-state index contributed by atoms with van der Waals surface area (Å²) < 4.78 is 5.18. The van der Waals surface area contributed by atoms with Crippen molar-refractivity contribution in [3.05, 3.63) is 10.1 Å². The van der Waals surface area contributed by atoms with Gasteiger partial charge in [-0.1, -0.05) is 0 Å². The Kier molecular flexibility index (Phi) is 3.24. The summed E-state index contributed by atoms with van der Waals surface area (Å²) in [6.07, 6.45) is 1.03. The third-order valence-electron chi connectivity index (χ3n) is 1.76. The fraction of sp³-hybridized carbons (Fsp3) is 1.00. The van der Waals surface area contributed by atoms with E-state index in [0.29, 0.717) is 6.42 Å². The van der Waals surface area contributed by atoms with Gasteiger partial charge in [-0.2, -0.15) is 0 Å². The highest BCUT2D eigenvalue weighted by Gasteiger charge is 2.25. The van der Waals surface area contributed by atoms with Crippen LogP contribution in [0.3, 0.4) is 0 Å². The van der Waals surface area contributed by atoms with Gasteiger partial charge in [0.05, 0.1) is 18.8 Å². The van der Waals surface area contributed by atoms with Crippen molar-refractivity contribution in [1.29, 1.82) is 0 Å². The molecule has 0 aliphatic carbocycles. The SMILES string of the molecule is O=[N+]([O-])OCC1CCC(CO)O1. The van der Waals surface area contributed by atoms with Crippen molar-refractivity contribution in [2.24, 2.45) is 0 Å². The summed E-state index contributed by atoms with van der Waals surface area (Å²) in [5.74, 6) is 0. The predicted molar refractivity (Wildman–Crippen MR) is 37.9 cm³/mol. The average Bonchev–Trinajstić information content (AvgIpc) is 2.48. The first-order valence-corrected chi connectivity index (χ1v) is 3.76. The van der Waals surface area contributed by atoms with Crippen LogP contribution in [0.4, 0.5) is 0 Å². The van der Waals surface area contributed by atoms with E-state index < -0.39 is 5.09 Å². The number of ether oxygens (including phenoxy) is 1. The molecule has 0 aromatic rings. The zero-order chi connectivity index (χ0) is 8.97. The largest absolute Gasteiger partial charge is 0.394 e. The third kappa shape index (κ3) is 2.63. The zero-order valence-corrected chi connectivity index (χ0v) is 6.51. The summed E-state index contributed by atoms with van der Waals surface area (Å²) in [6.45, 7) is -0.0710. The Bertz CT molecular complexity index is 162. The van der Waals surface area contributed by atoms with E-state index in [4.69, 9.17) is 9.84 Å². The summed E-state index contributed by atoms with van der Waals surface area (Å²) in [5.41, 5.74) is 0. The van der Waals surface area contributed by atoms with Crippen LogP contribution in [-0.4, -0.2) is 35.6 Å². The number of hydrogen-bond donors (Lipinski definition) is 1. The van der Waals surface area contributed by atoms with Gasteiger partial charge < -0.3 is 14.7 Å². The average molecular weight is 177 g/mol. The van der Waals surface area contributed by atoms with Crippen molar-refractivity contribution in [3.63, 3.8) is 0 Å². The molecule has 1 aliphatic rings. The first kappa shape index (κ1) is 9.21. The smallest absolute Gasteiger partial charge is 0.294 e. The van der Waals surface area contributed by atoms with Crippen LogP contribution in [0, 0.1) is 10.1 Å². The van der Waals surface area contributed by atoms with Gasteiger partial charge in [-0.3, -0.25) is 0 Å². The van der Waals surface area contributed by atoms with Crippen LogP contribution in [-0.2, 0) is 9.57 Å². The van der Waals surface area contributed by atoms with Crippen LogP contribution < -0.4 is 0 Å². The van der Waals surface area contributed by atoms with Gasteiger partial charge >= 0.3 is 0 Å². The van der Waals surface area contributed by atoms with Crippen LogP contribution in [0.2, 0.25) is 0 Å². The van der Waals surface area contributed by atoms with E-state index in [0.717, 1.165) is 6.42 Å². The van der Waals surface area contributed by atoms with Gasteiger partial charge in [-0.05, 0) is 12.8 Å². The number of nitrogens with zero attached hydrogens (tertiary/aromatic N) is 1. The lowest BCUT2D eigenvalue weighted by molar-refractivity contribution is -0.759. The number of aliphatic hydroxyl groups is 1. The second kappa shape index (κ2) is 4.22. The Morgan fingerprint density at radius 2 is 2.25 bits per heavy atom. The summed E-state index contributed by atoms with van der Waals surface area (Å²) in [7, 11) is 0. The van der Waals surface area contributed by atoms with Crippen molar-refractivity contribution in [2.75, 3.05) is 13.2 Å². The summed E-state index contributed by atoms with van der Waals surface area (Å²) in [5, 5.41) is 17.6. The van der Waals surface area contributed by atoms with Gasteiger partial charge in [0, 0.05) is 0 Å². The number of hydrogen-bond acceptors (Lipinski definition) is 5. The number of aliphatic hydroxyl groups excluding tert-OH is 1. The molecule has 0 radical (unpaired) electrons. The molecule has 0 bridgehead atoms. The molecule has 1 fully saturated rings. The van der Waals surface area contributed by atoms with E-state index in [2.05, 4.69) is 4.84 Å². The van der Waals surface area contributed by atoms with Crippen LogP contribution in [0.1, 0.15) is 12.8 Å². The van der Waals surface area contributed by atoms with E-state index in [1.165, 1.54) is 0 Å². The Hall–Kier alpha value is -0.880. The predicted octanol–water partition coefficient (Wildman–Crippen LogP) is -0.265. The molecule has 2 atom stereocenters. The molecular weight excluding hydrogens is 166 g/mol.